The standard InChI is InChI=1S/C11H10O3/c1-6-2-3-7-8(4-6)9(11(13)14)5-10(7)12/h2-4,9H,5H2,1H3,(H,13,14). The Balaban J connectivity index is 2.56. The van der Waals surface area contributed by atoms with Crippen molar-refractivity contribution in [2.24, 2.45) is 0 Å². The number of carboxylic acids is 1. The Kier molecular flexibility index (Phi) is 1.88. The first-order valence-corrected chi connectivity index (χ1v) is 4.46. The Hall–Kier alpha value is -1.64. The van der Waals surface area contributed by atoms with E-state index in [0.29, 0.717) is 11.1 Å². The molecule has 0 saturated carbocycles. The van der Waals surface area contributed by atoms with Gasteiger partial charge in [0.1, 0.15) is 0 Å². The average Bonchev–Trinajstić information content (AvgIpc) is 2.43. The highest BCUT2D eigenvalue weighted by molar-refractivity contribution is 6.05. The molecule has 0 radical (unpaired) electrons. The van der Waals surface area contributed by atoms with Crippen molar-refractivity contribution in [3.8, 4) is 0 Å². The van der Waals surface area contributed by atoms with Gasteiger partial charge < -0.3 is 5.11 Å². The molecule has 1 aromatic rings. The third kappa shape index (κ3) is 1.21. The van der Waals surface area contributed by atoms with Crippen molar-refractivity contribution in [3.63, 3.8) is 0 Å². The van der Waals surface area contributed by atoms with Crippen molar-refractivity contribution in [2.45, 2.75) is 19.3 Å². The number of carbonyl (C=O) groups is 2. The van der Waals surface area contributed by atoms with E-state index in [0.717, 1.165) is 5.56 Å². The normalized spacial score (nSPS) is 19.5. The highest BCUT2D eigenvalue weighted by Gasteiger charge is 2.33. The minimum absolute atomic E-state index is 0.0626. The van der Waals surface area contributed by atoms with Crippen LogP contribution in [-0.2, 0) is 4.79 Å². The number of fused-ring (bicyclic) bond motifs is 1. The van der Waals surface area contributed by atoms with Crippen LogP contribution in [0.4, 0.5) is 0 Å². The number of Topliss-reactive ketones (excluding diaryl/α,β-unsaturated/α-hetero) is 1. The van der Waals surface area contributed by atoms with E-state index >= 15 is 0 Å². The zero-order valence-corrected chi connectivity index (χ0v) is 7.78. The quantitative estimate of drug-likeness (QED) is 0.733. The topological polar surface area (TPSA) is 54.4 Å². The molecular weight excluding hydrogens is 180 g/mol. The monoisotopic (exact) mass is 190 g/mol. The molecular formula is C11H10O3. The third-order valence-electron chi connectivity index (χ3n) is 2.57. The maximum absolute atomic E-state index is 11.4. The number of carboxylic acid groups (broad SMARTS) is 1. The molecule has 1 aliphatic rings. The van der Waals surface area contributed by atoms with Crippen LogP contribution in [0.2, 0.25) is 0 Å². The van der Waals surface area contributed by atoms with Crippen LogP contribution in [0.3, 0.4) is 0 Å². The summed E-state index contributed by atoms with van der Waals surface area (Å²) in [5.41, 5.74) is 2.23. The molecule has 0 saturated heterocycles. The molecule has 0 aromatic heterocycles. The maximum Gasteiger partial charge on any atom is 0.311 e. The first kappa shape index (κ1) is 8.94. The minimum atomic E-state index is -0.914. The highest BCUT2D eigenvalue weighted by atomic mass is 16.4. The summed E-state index contributed by atoms with van der Waals surface area (Å²) in [4.78, 5) is 22.3. The number of benzene rings is 1. The average molecular weight is 190 g/mol. The van der Waals surface area contributed by atoms with Gasteiger partial charge in [-0.2, -0.15) is 0 Å². The Morgan fingerprint density at radius 3 is 2.86 bits per heavy atom. The summed E-state index contributed by atoms with van der Waals surface area (Å²) in [5, 5.41) is 8.92. The zero-order chi connectivity index (χ0) is 10.3. The summed E-state index contributed by atoms with van der Waals surface area (Å²) in [7, 11) is 0. The van der Waals surface area contributed by atoms with Crippen LogP contribution < -0.4 is 0 Å². The molecule has 0 fully saturated rings. The fraction of sp³-hybridized carbons (Fsp3) is 0.273. The number of carbonyl (C=O) groups excluding carboxylic acids is 1. The van der Waals surface area contributed by atoms with Crippen LogP contribution in [0.5, 0.6) is 0 Å². The number of ketones is 1. The maximum atomic E-state index is 11.4. The SMILES string of the molecule is Cc1ccc2c(c1)C(C(=O)O)CC2=O. The van der Waals surface area contributed by atoms with E-state index in [2.05, 4.69) is 0 Å². The largest absolute Gasteiger partial charge is 0.481 e. The van der Waals surface area contributed by atoms with E-state index in [1.54, 1.807) is 12.1 Å². The Morgan fingerprint density at radius 1 is 1.50 bits per heavy atom. The van der Waals surface area contributed by atoms with E-state index in [1.165, 1.54) is 0 Å². The van der Waals surface area contributed by atoms with Gasteiger partial charge in [-0.1, -0.05) is 23.8 Å². The molecule has 0 spiro atoms. The first-order chi connectivity index (χ1) is 6.59. The predicted molar refractivity (Wildman–Crippen MR) is 50.5 cm³/mol. The lowest BCUT2D eigenvalue weighted by Crippen LogP contribution is -2.08. The van der Waals surface area contributed by atoms with Gasteiger partial charge in [-0.3, -0.25) is 9.59 Å². The molecule has 1 N–H and O–H groups in total. The number of rotatable bonds is 1. The number of aliphatic carboxylic acids is 1. The van der Waals surface area contributed by atoms with Crippen LogP contribution in [0.1, 0.15) is 33.8 Å². The van der Waals surface area contributed by atoms with Crippen LogP contribution in [0.15, 0.2) is 18.2 Å². The van der Waals surface area contributed by atoms with E-state index in [4.69, 9.17) is 5.11 Å². The van der Waals surface area contributed by atoms with Gasteiger partial charge in [0.2, 0.25) is 0 Å². The van der Waals surface area contributed by atoms with Gasteiger partial charge in [0, 0.05) is 12.0 Å². The molecule has 0 amide bonds. The molecule has 2 rings (SSSR count). The third-order valence-corrected chi connectivity index (χ3v) is 2.57. The van der Waals surface area contributed by atoms with Gasteiger partial charge in [0.05, 0.1) is 5.92 Å². The molecule has 3 heteroatoms. The van der Waals surface area contributed by atoms with Crippen LogP contribution in [0, 0.1) is 6.92 Å². The van der Waals surface area contributed by atoms with Crippen molar-refractivity contribution in [1.29, 1.82) is 0 Å². The summed E-state index contributed by atoms with van der Waals surface area (Å²) < 4.78 is 0. The molecule has 3 nitrogen and oxygen atoms in total. The van der Waals surface area contributed by atoms with Crippen molar-refractivity contribution in [2.75, 3.05) is 0 Å². The molecule has 14 heavy (non-hydrogen) atoms. The summed E-state index contributed by atoms with van der Waals surface area (Å²) >= 11 is 0. The zero-order valence-electron chi connectivity index (χ0n) is 7.78. The molecule has 1 unspecified atom stereocenters. The van der Waals surface area contributed by atoms with Gasteiger partial charge in [-0.25, -0.2) is 0 Å². The van der Waals surface area contributed by atoms with Crippen LogP contribution >= 0.6 is 0 Å². The van der Waals surface area contributed by atoms with Crippen molar-refractivity contribution < 1.29 is 14.7 Å². The van der Waals surface area contributed by atoms with Crippen molar-refractivity contribution in [1.82, 2.24) is 0 Å². The molecule has 0 bridgehead atoms. The van der Waals surface area contributed by atoms with E-state index < -0.39 is 11.9 Å². The van der Waals surface area contributed by atoms with Crippen molar-refractivity contribution in [3.05, 3.63) is 34.9 Å². The van der Waals surface area contributed by atoms with Gasteiger partial charge in [0.15, 0.2) is 5.78 Å². The molecule has 1 aliphatic carbocycles. The number of hydrogen-bond acceptors (Lipinski definition) is 2. The summed E-state index contributed by atoms with van der Waals surface area (Å²) in [6.07, 6.45) is 0.105. The van der Waals surface area contributed by atoms with Crippen LogP contribution in [-0.4, -0.2) is 16.9 Å². The Morgan fingerprint density at radius 2 is 2.21 bits per heavy atom. The predicted octanol–water partition coefficient (Wildman–Crippen LogP) is 1.75. The second-order valence-corrected chi connectivity index (χ2v) is 3.61. The molecule has 72 valence electrons. The second-order valence-electron chi connectivity index (χ2n) is 3.61. The van der Waals surface area contributed by atoms with E-state index in [-0.39, 0.29) is 12.2 Å². The van der Waals surface area contributed by atoms with Gasteiger partial charge in [0.25, 0.3) is 0 Å². The van der Waals surface area contributed by atoms with Crippen molar-refractivity contribution >= 4 is 11.8 Å². The fourth-order valence-corrected chi connectivity index (χ4v) is 1.85. The lowest BCUT2D eigenvalue weighted by atomic mass is 10.00. The second kappa shape index (κ2) is 2.94. The summed E-state index contributed by atoms with van der Waals surface area (Å²) in [5.74, 6) is -1.62. The molecule has 0 aliphatic heterocycles. The van der Waals surface area contributed by atoms with Gasteiger partial charge >= 0.3 is 5.97 Å². The Bertz CT molecular complexity index is 421. The molecule has 1 atom stereocenters. The van der Waals surface area contributed by atoms with E-state index in [9.17, 15) is 9.59 Å². The Labute approximate surface area is 81.4 Å². The lowest BCUT2D eigenvalue weighted by Gasteiger charge is -2.04. The smallest absolute Gasteiger partial charge is 0.311 e. The van der Waals surface area contributed by atoms with Gasteiger partial charge in [-0.15, -0.1) is 0 Å². The van der Waals surface area contributed by atoms with Gasteiger partial charge in [-0.05, 0) is 12.5 Å². The minimum Gasteiger partial charge on any atom is -0.481 e. The van der Waals surface area contributed by atoms with Crippen LogP contribution in [0.25, 0.3) is 0 Å². The molecule has 1 aromatic carbocycles. The number of hydrogen-bond donors (Lipinski definition) is 1. The summed E-state index contributed by atoms with van der Waals surface area (Å²) in [6, 6.07) is 5.34. The lowest BCUT2D eigenvalue weighted by molar-refractivity contribution is -0.138. The fourth-order valence-electron chi connectivity index (χ4n) is 1.85. The first-order valence-electron chi connectivity index (χ1n) is 4.46. The van der Waals surface area contributed by atoms with E-state index in [1.807, 2.05) is 13.0 Å². The highest BCUT2D eigenvalue weighted by Crippen LogP contribution is 2.33. The molecule has 0 heterocycles. The number of aryl methyl sites for hydroxylation is 1. The summed E-state index contributed by atoms with van der Waals surface area (Å²) in [6.45, 7) is 1.89.